The van der Waals surface area contributed by atoms with Crippen LogP contribution in [0.25, 0.3) is 0 Å². The van der Waals surface area contributed by atoms with E-state index < -0.39 is 35.0 Å². The molecule has 1 aliphatic heterocycles. The van der Waals surface area contributed by atoms with Crippen LogP contribution in [-0.2, 0) is 23.9 Å². The van der Waals surface area contributed by atoms with E-state index in [1.54, 1.807) is 30.3 Å². The molecule has 0 amide bonds. The number of ether oxygens (including phenoxy) is 5. The van der Waals surface area contributed by atoms with Gasteiger partial charge in [0.25, 0.3) is 11.4 Å². The summed E-state index contributed by atoms with van der Waals surface area (Å²) in [5.74, 6) is -5.84. The topological polar surface area (TPSA) is 114 Å². The molecule has 9 nitrogen and oxygen atoms in total. The fraction of sp³-hybridized carbons (Fsp3) is 0.333. The van der Waals surface area contributed by atoms with Crippen LogP contribution in [-0.4, -0.2) is 56.5 Å². The minimum atomic E-state index is -2.65. The summed E-state index contributed by atoms with van der Waals surface area (Å²) in [7, 11) is 2.75. The van der Waals surface area contributed by atoms with Crippen molar-refractivity contribution in [2.45, 2.75) is 25.4 Å². The number of methoxy groups -OCH3 is 2. The Kier molecular flexibility index (Phi) is 7.01. The van der Waals surface area contributed by atoms with E-state index in [0.717, 1.165) is 0 Å². The molecule has 2 aromatic carbocycles. The molecule has 0 unspecified atom stereocenters. The molecule has 3 rings (SSSR count). The third-order valence-electron chi connectivity index (χ3n) is 5.19. The van der Waals surface area contributed by atoms with Crippen molar-refractivity contribution >= 4 is 23.5 Å². The number of hydrogen-bond acceptors (Lipinski definition) is 9. The quantitative estimate of drug-likeness (QED) is 0.336. The summed E-state index contributed by atoms with van der Waals surface area (Å²) in [6, 6.07) is 10.9. The van der Waals surface area contributed by atoms with Crippen molar-refractivity contribution in [1.82, 2.24) is 0 Å². The van der Waals surface area contributed by atoms with Crippen LogP contribution in [0, 0.1) is 0 Å². The Morgan fingerprint density at radius 1 is 0.970 bits per heavy atom. The summed E-state index contributed by atoms with van der Waals surface area (Å²) in [6.45, 7) is 2.80. The smallest absolute Gasteiger partial charge is 0.379 e. The maximum Gasteiger partial charge on any atom is 0.379 e. The van der Waals surface area contributed by atoms with Gasteiger partial charge in [-0.3, -0.25) is 9.59 Å². The van der Waals surface area contributed by atoms with Crippen LogP contribution >= 0.6 is 0 Å². The number of fused-ring (bicyclic) bond motifs is 1. The van der Waals surface area contributed by atoms with Crippen LogP contribution in [0.5, 0.6) is 17.2 Å². The average molecular weight is 456 g/mol. The summed E-state index contributed by atoms with van der Waals surface area (Å²) < 4.78 is 26.6. The van der Waals surface area contributed by atoms with E-state index in [1.807, 2.05) is 0 Å². The number of ketones is 2. The van der Waals surface area contributed by atoms with Crippen LogP contribution < -0.4 is 14.2 Å². The molecule has 0 aromatic heterocycles. The molecule has 1 aliphatic rings. The molecule has 0 N–H and O–H groups in total. The van der Waals surface area contributed by atoms with Crippen molar-refractivity contribution in [1.29, 1.82) is 0 Å². The number of carbonyl (C=O) groups excluding carboxylic acids is 4. The lowest BCUT2D eigenvalue weighted by Gasteiger charge is -2.40. The molecule has 174 valence electrons. The van der Waals surface area contributed by atoms with Gasteiger partial charge in [-0.1, -0.05) is 30.3 Å². The minimum absolute atomic E-state index is 0.00346. The van der Waals surface area contributed by atoms with E-state index >= 15 is 0 Å². The Balaban J connectivity index is 2.37. The fourth-order valence-corrected chi connectivity index (χ4v) is 3.78. The van der Waals surface area contributed by atoms with Crippen molar-refractivity contribution < 1.29 is 42.9 Å². The predicted octanol–water partition coefficient (Wildman–Crippen LogP) is 2.50. The molecule has 0 saturated carbocycles. The van der Waals surface area contributed by atoms with E-state index in [0.29, 0.717) is 0 Å². The normalized spacial score (nSPS) is 19.0. The van der Waals surface area contributed by atoms with Gasteiger partial charge in [0.2, 0.25) is 0 Å². The molecule has 0 fully saturated rings. The molecular weight excluding hydrogens is 432 g/mol. The van der Waals surface area contributed by atoms with E-state index in [4.69, 9.17) is 23.7 Å². The first-order valence-electron chi connectivity index (χ1n) is 10.3. The number of benzene rings is 2. The summed E-state index contributed by atoms with van der Waals surface area (Å²) >= 11 is 0. The van der Waals surface area contributed by atoms with E-state index in [-0.39, 0.29) is 41.6 Å². The Morgan fingerprint density at radius 2 is 1.64 bits per heavy atom. The first-order chi connectivity index (χ1) is 15.8. The van der Waals surface area contributed by atoms with Gasteiger partial charge in [0.15, 0.2) is 5.78 Å². The van der Waals surface area contributed by atoms with Gasteiger partial charge in [-0.25, -0.2) is 9.59 Å². The van der Waals surface area contributed by atoms with E-state index in [2.05, 4.69) is 0 Å². The molecule has 9 heteroatoms. The molecule has 0 spiro atoms. The van der Waals surface area contributed by atoms with Gasteiger partial charge >= 0.3 is 11.9 Å². The Bertz CT molecular complexity index is 1080. The molecule has 0 saturated heterocycles. The van der Waals surface area contributed by atoms with Gasteiger partial charge in [0.1, 0.15) is 28.7 Å². The summed E-state index contributed by atoms with van der Waals surface area (Å²) in [6.07, 6.45) is 0. The summed E-state index contributed by atoms with van der Waals surface area (Å²) in [5.41, 5.74) is -2.37. The highest BCUT2D eigenvalue weighted by Crippen LogP contribution is 2.48. The maximum atomic E-state index is 13.9. The zero-order valence-electron chi connectivity index (χ0n) is 18.7. The lowest BCUT2D eigenvalue weighted by Crippen LogP contribution is -2.63. The SMILES string of the molecule is CCOC(=O)C(=O)[C@@]1(C(=O)OCC)Oc2cc(OC)cc(OC)c2C(=O)[C@@H]1c1ccccc1. The first-order valence-corrected chi connectivity index (χ1v) is 10.3. The summed E-state index contributed by atoms with van der Waals surface area (Å²) in [4.78, 5) is 53.3. The van der Waals surface area contributed by atoms with Crippen LogP contribution in [0.1, 0.15) is 35.7 Å². The Morgan fingerprint density at radius 3 is 2.21 bits per heavy atom. The van der Waals surface area contributed by atoms with Crippen LogP contribution in [0.3, 0.4) is 0 Å². The maximum absolute atomic E-state index is 13.9. The van der Waals surface area contributed by atoms with Crippen LogP contribution in [0.15, 0.2) is 42.5 Å². The second-order valence-corrected chi connectivity index (χ2v) is 7.02. The van der Waals surface area contributed by atoms with Gasteiger partial charge in [-0.05, 0) is 19.4 Å². The molecule has 0 bridgehead atoms. The third-order valence-corrected chi connectivity index (χ3v) is 5.19. The van der Waals surface area contributed by atoms with Gasteiger partial charge in [-0.15, -0.1) is 0 Å². The molecule has 33 heavy (non-hydrogen) atoms. The van der Waals surface area contributed by atoms with Gasteiger partial charge < -0.3 is 23.7 Å². The molecule has 0 aliphatic carbocycles. The van der Waals surface area contributed by atoms with Crippen molar-refractivity contribution in [3.05, 3.63) is 53.6 Å². The second-order valence-electron chi connectivity index (χ2n) is 7.02. The Hall–Kier alpha value is -3.88. The molecule has 0 radical (unpaired) electrons. The predicted molar refractivity (Wildman–Crippen MR) is 115 cm³/mol. The van der Waals surface area contributed by atoms with Gasteiger partial charge in [0, 0.05) is 12.1 Å². The number of Topliss-reactive ketones (excluding diaryl/α,β-unsaturated/α-hetero) is 2. The number of esters is 2. The number of hydrogen-bond donors (Lipinski definition) is 0. The zero-order chi connectivity index (χ0) is 24.2. The van der Waals surface area contributed by atoms with Gasteiger partial charge in [-0.2, -0.15) is 0 Å². The van der Waals surface area contributed by atoms with E-state index in [9.17, 15) is 19.2 Å². The van der Waals surface area contributed by atoms with Crippen molar-refractivity contribution in [2.75, 3.05) is 27.4 Å². The number of rotatable bonds is 8. The summed E-state index contributed by atoms with van der Waals surface area (Å²) in [5, 5.41) is 0. The standard InChI is InChI=1S/C24H24O9/c1-5-31-22(27)21(26)24(23(28)32-6-2)19(14-10-8-7-9-11-14)20(25)18-16(30-4)12-15(29-3)13-17(18)33-24/h7-13,19H,5-6H2,1-4H3/t19-,24-/m0/s1. The van der Waals surface area contributed by atoms with Gasteiger partial charge in [0.05, 0.1) is 27.4 Å². The average Bonchev–Trinajstić information content (AvgIpc) is 2.83. The minimum Gasteiger partial charge on any atom is -0.496 e. The monoisotopic (exact) mass is 456 g/mol. The lowest BCUT2D eigenvalue weighted by atomic mass is 9.72. The van der Waals surface area contributed by atoms with E-state index in [1.165, 1.54) is 40.2 Å². The third kappa shape index (κ3) is 4.02. The highest BCUT2D eigenvalue weighted by atomic mass is 16.6. The van der Waals surface area contributed by atoms with Crippen molar-refractivity contribution in [3.63, 3.8) is 0 Å². The molecular formula is C24H24O9. The Labute approximate surface area is 190 Å². The largest absolute Gasteiger partial charge is 0.496 e. The fourth-order valence-electron chi connectivity index (χ4n) is 3.78. The van der Waals surface area contributed by atoms with Crippen molar-refractivity contribution in [3.8, 4) is 17.2 Å². The first kappa shape index (κ1) is 23.8. The molecule has 1 heterocycles. The molecule has 2 aromatic rings. The zero-order valence-corrected chi connectivity index (χ0v) is 18.7. The number of carbonyl (C=O) groups is 4. The second kappa shape index (κ2) is 9.72. The van der Waals surface area contributed by atoms with Crippen LogP contribution in [0.4, 0.5) is 0 Å². The van der Waals surface area contributed by atoms with Crippen molar-refractivity contribution in [2.24, 2.45) is 0 Å². The van der Waals surface area contributed by atoms with Crippen LogP contribution in [0.2, 0.25) is 0 Å². The highest BCUT2D eigenvalue weighted by molar-refractivity contribution is 6.43. The lowest BCUT2D eigenvalue weighted by molar-refractivity contribution is -0.176. The highest BCUT2D eigenvalue weighted by Gasteiger charge is 2.65. The molecule has 2 atom stereocenters.